The lowest BCUT2D eigenvalue weighted by Crippen LogP contribution is -2.11. The molecule has 0 aliphatic heterocycles. The van der Waals surface area contributed by atoms with E-state index in [4.69, 9.17) is 16.3 Å². The summed E-state index contributed by atoms with van der Waals surface area (Å²) < 4.78 is 7.02. The van der Waals surface area contributed by atoms with Crippen LogP contribution in [0.1, 0.15) is 23.6 Å². The summed E-state index contributed by atoms with van der Waals surface area (Å²) in [7, 11) is 0. The molecule has 0 fully saturated rings. The minimum Gasteiger partial charge on any atom is -0.456 e. The van der Waals surface area contributed by atoms with Crippen molar-refractivity contribution < 1.29 is 4.74 Å². The molecular formula is C17H19BrClNO. The van der Waals surface area contributed by atoms with Gasteiger partial charge in [0.05, 0.1) is 5.02 Å². The van der Waals surface area contributed by atoms with E-state index in [1.165, 1.54) is 0 Å². The van der Waals surface area contributed by atoms with Gasteiger partial charge in [-0.15, -0.1) is 0 Å². The van der Waals surface area contributed by atoms with Crippen molar-refractivity contribution >= 4 is 27.5 Å². The zero-order valence-electron chi connectivity index (χ0n) is 12.5. The number of ether oxygens (including phenoxy) is 1. The summed E-state index contributed by atoms with van der Waals surface area (Å²) in [5.41, 5.74) is 3.44. The Hall–Kier alpha value is -1.03. The predicted octanol–water partition coefficient (Wildman–Crippen LogP) is 5.62. The lowest BCUT2D eigenvalue weighted by Gasteiger charge is -2.12. The van der Waals surface area contributed by atoms with Gasteiger partial charge in [0.2, 0.25) is 0 Å². The van der Waals surface area contributed by atoms with Crippen LogP contribution in [0, 0.1) is 13.8 Å². The van der Waals surface area contributed by atoms with Crippen LogP contribution in [0.25, 0.3) is 0 Å². The molecule has 0 unspecified atom stereocenters. The Kier molecular flexibility index (Phi) is 5.68. The molecule has 0 saturated heterocycles. The van der Waals surface area contributed by atoms with E-state index >= 15 is 0 Å². The van der Waals surface area contributed by atoms with Gasteiger partial charge in [-0.25, -0.2) is 0 Å². The Labute approximate surface area is 139 Å². The molecule has 0 aromatic heterocycles. The maximum Gasteiger partial charge on any atom is 0.146 e. The van der Waals surface area contributed by atoms with Crippen molar-refractivity contribution in [2.45, 2.75) is 27.3 Å². The first-order valence-electron chi connectivity index (χ1n) is 6.95. The van der Waals surface area contributed by atoms with Gasteiger partial charge in [-0.1, -0.05) is 40.5 Å². The molecule has 0 atom stereocenters. The molecule has 112 valence electrons. The topological polar surface area (TPSA) is 21.3 Å². The third-order valence-corrected chi connectivity index (χ3v) is 4.76. The van der Waals surface area contributed by atoms with Crippen molar-refractivity contribution in [3.63, 3.8) is 0 Å². The number of benzene rings is 2. The normalized spacial score (nSPS) is 10.7. The highest BCUT2D eigenvalue weighted by Gasteiger charge is 2.07. The molecule has 2 aromatic rings. The minimum atomic E-state index is 0.628. The summed E-state index contributed by atoms with van der Waals surface area (Å²) in [4.78, 5) is 0. The summed E-state index contributed by atoms with van der Waals surface area (Å²) in [5, 5.41) is 3.91. The molecule has 2 rings (SSSR count). The Morgan fingerprint density at radius 1 is 1.14 bits per heavy atom. The SMILES string of the molecule is CCNCc1ccc(Oc2cc(C)c(Br)c(C)c2)c(Cl)c1. The monoisotopic (exact) mass is 367 g/mol. The van der Waals surface area contributed by atoms with Gasteiger partial charge in [0.15, 0.2) is 0 Å². The van der Waals surface area contributed by atoms with Crippen LogP contribution in [0.2, 0.25) is 5.02 Å². The molecule has 0 spiro atoms. The fraction of sp³-hybridized carbons (Fsp3) is 0.294. The van der Waals surface area contributed by atoms with Crippen molar-refractivity contribution in [1.29, 1.82) is 0 Å². The largest absolute Gasteiger partial charge is 0.456 e. The molecule has 2 aromatic carbocycles. The van der Waals surface area contributed by atoms with Gasteiger partial charge in [-0.3, -0.25) is 0 Å². The van der Waals surface area contributed by atoms with E-state index in [2.05, 4.69) is 28.2 Å². The molecule has 1 N–H and O–H groups in total. The lowest BCUT2D eigenvalue weighted by atomic mass is 10.1. The smallest absolute Gasteiger partial charge is 0.146 e. The van der Waals surface area contributed by atoms with E-state index in [1.54, 1.807) is 0 Å². The molecule has 0 saturated carbocycles. The first-order valence-corrected chi connectivity index (χ1v) is 8.12. The summed E-state index contributed by atoms with van der Waals surface area (Å²) in [6.45, 7) is 7.92. The van der Waals surface area contributed by atoms with Gasteiger partial charge in [0.25, 0.3) is 0 Å². The average molecular weight is 369 g/mol. The number of halogens is 2. The highest BCUT2D eigenvalue weighted by Crippen LogP contribution is 2.33. The highest BCUT2D eigenvalue weighted by atomic mass is 79.9. The summed E-state index contributed by atoms with van der Waals surface area (Å²) in [5.74, 6) is 1.48. The van der Waals surface area contributed by atoms with Crippen molar-refractivity contribution in [1.82, 2.24) is 5.32 Å². The molecule has 0 heterocycles. The minimum absolute atomic E-state index is 0.628. The predicted molar refractivity (Wildman–Crippen MR) is 92.5 cm³/mol. The van der Waals surface area contributed by atoms with Crippen molar-refractivity contribution in [2.75, 3.05) is 6.54 Å². The van der Waals surface area contributed by atoms with Gasteiger partial charge >= 0.3 is 0 Å². The van der Waals surface area contributed by atoms with Gasteiger partial charge in [-0.05, 0) is 61.3 Å². The second kappa shape index (κ2) is 7.30. The Bertz CT molecular complexity index is 620. The van der Waals surface area contributed by atoms with Crippen LogP contribution in [0.5, 0.6) is 11.5 Å². The van der Waals surface area contributed by atoms with Crippen LogP contribution in [-0.2, 0) is 6.54 Å². The molecule has 0 radical (unpaired) electrons. The molecule has 0 bridgehead atoms. The summed E-state index contributed by atoms with van der Waals surface area (Å²) in [6.07, 6.45) is 0. The third kappa shape index (κ3) is 4.22. The molecular weight excluding hydrogens is 350 g/mol. The standard InChI is InChI=1S/C17H19BrClNO/c1-4-20-10-13-5-6-16(15(19)9-13)21-14-7-11(2)17(18)12(3)8-14/h5-9,20H,4,10H2,1-3H3. The van der Waals surface area contributed by atoms with Crippen molar-refractivity contribution in [3.8, 4) is 11.5 Å². The van der Waals surface area contributed by atoms with E-state index in [0.717, 1.165) is 40.0 Å². The molecule has 2 nitrogen and oxygen atoms in total. The maximum absolute atomic E-state index is 6.31. The van der Waals surface area contributed by atoms with Crippen LogP contribution in [0.3, 0.4) is 0 Å². The van der Waals surface area contributed by atoms with Crippen LogP contribution in [0.4, 0.5) is 0 Å². The van der Waals surface area contributed by atoms with Gasteiger partial charge in [0, 0.05) is 11.0 Å². The maximum atomic E-state index is 6.31. The van der Waals surface area contributed by atoms with E-state index in [9.17, 15) is 0 Å². The second-order valence-electron chi connectivity index (χ2n) is 5.02. The van der Waals surface area contributed by atoms with E-state index < -0.39 is 0 Å². The number of nitrogens with one attached hydrogen (secondary N) is 1. The highest BCUT2D eigenvalue weighted by molar-refractivity contribution is 9.10. The van der Waals surface area contributed by atoms with Gasteiger partial charge < -0.3 is 10.1 Å². The number of aryl methyl sites for hydroxylation is 2. The first-order chi connectivity index (χ1) is 10.0. The van der Waals surface area contributed by atoms with Crippen molar-refractivity contribution in [2.24, 2.45) is 0 Å². The molecule has 4 heteroatoms. The van der Waals surface area contributed by atoms with E-state index in [-0.39, 0.29) is 0 Å². The third-order valence-electron chi connectivity index (χ3n) is 3.21. The second-order valence-corrected chi connectivity index (χ2v) is 6.22. The number of hydrogen-bond acceptors (Lipinski definition) is 2. The fourth-order valence-electron chi connectivity index (χ4n) is 2.10. The van der Waals surface area contributed by atoms with Crippen LogP contribution in [0.15, 0.2) is 34.8 Å². The first kappa shape index (κ1) is 16.3. The van der Waals surface area contributed by atoms with Gasteiger partial charge in [-0.2, -0.15) is 0 Å². The lowest BCUT2D eigenvalue weighted by molar-refractivity contribution is 0.481. The summed E-state index contributed by atoms with van der Waals surface area (Å²) >= 11 is 9.87. The number of rotatable bonds is 5. The molecule has 0 aliphatic carbocycles. The van der Waals surface area contributed by atoms with E-state index in [1.807, 2.05) is 44.2 Å². The average Bonchev–Trinajstić information content (AvgIpc) is 2.45. The van der Waals surface area contributed by atoms with Crippen LogP contribution < -0.4 is 10.1 Å². The number of hydrogen-bond donors (Lipinski definition) is 1. The molecule has 21 heavy (non-hydrogen) atoms. The Morgan fingerprint density at radius 2 is 1.81 bits per heavy atom. The quantitative estimate of drug-likeness (QED) is 0.739. The van der Waals surface area contributed by atoms with Crippen LogP contribution >= 0.6 is 27.5 Å². The molecule has 0 aliphatic rings. The Morgan fingerprint density at radius 3 is 2.38 bits per heavy atom. The summed E-state index contributed by atoms with van der Waals surface area (Å²) in [6, 6.07) is 9.89. The zero-order valence-corrected chi connectivity index (χ0v) is 14.8. The van der Waals surface area contributed by atoms with E-state index in [0.29, 0.717) is 10.8 Å². The fourth-order valence-corrected chi connectivity index (χ4v) is 2.57. The zero-order chi connectivity index (χ0) is 15.4. The van der Waals surface area contributed by atoms with Crippen LogP contribution in [-0.4, -0.2) is 6.54 Å². The Balaban J connectivity index is 2.20. The molecule has 0 amide bonds. The van der Waals surface area contributed by atoms with Crippen molar-refractivity contribution in [3.05, 3.63) is 56.5 Å². The van der Waals surface area contributed by atoms with Gasteiger partial charge in [0.1, 0.15) is 11.5 Å².